The van der Waals surface area contributed by atoms with Gasteiger partial charge < -0.3 is 9.64 Å². The number of aromatic nitrogens is 3. The second-order valence-electron chi connectivity index (χ2n) is 8.21. The summed E-state index contributed by atoms with van der Waals surface area (Å²) < 4.78 is 8.08. The number of pyridine rings is 1. The molecule has 1 aliphatic heterocycles. The maximum Gasteiger partial charge on any atom is 0.272 e. The van der Waals surface area contributed by atoms with Crippen molar-refractivity contribution in [1.82, 2.24) is 19.7 Å². The molecule has 3 heterocycles. The molecule has 5 rings (SSSR count). The number of ether oxygens (including phenoxy) is 1. The van der Waals surface area contributed by atoms with E-state index in [2.05, 4.69) is 22.2 Å². The fraction of sp³-hybridized carbons (Fsp3) is 0.231. The van der Waals surface area contributed by atoms with E-state index in [-0.39, 0.29) is 12.0 Å². The van der Waals surface area contributed by atoms with Crippen LogP contribution in [-0.2, 0) is 7.05 Å². The van der Waals surface area contributed by atoms with E-state index in [1.165, 1.54) is 0 Å². The molecule has 1 saturated heterocycles. The molecule has 0 N–H and O–H groups in total. The lowest BCUT2D eigenvalue weighted by atomic mass is 9.99. The van der Waals surface area contributed by atoms with Gasteiger partial charge in [0.15, 0.2) is 0 Å². The molecule has 2 aromatic carbocycles. The molecule has 0 atom stereocenters. The van der Waals surface area contributed by atoms with Crippen molar-refractivity contribution in [2.24, 2.45) is 7.05 Å². The van der Waals surface area contributed by atoms with E-state index in [1.807, 2.05) is 41.4 Å². The highest BCUT2D eigenvalue weighted by Gasteiger charge is 2.26. The summed E-state index contributed by atoms with van der Waals surface area (Å²) in [5.41, 5.74) is 3.17. The van der Waals surface area contributed by atoms with Crippen LogP contribution in [-0.4, -0.2) is 44.8 Å². The van der Waals surface area contributed by atoms with Crippen LogP contribution in [0.25, 0.3) is 21.9 Å². The molecule has 164 valence electrons. The van der Waals surface area contributed by atoms with Crippen molar-refractivity contribution in [2.75, 3.05) is 13.1 Å². The fourth-order valence-electron chi connectivity index (χ4n) is 4.30. The van der Waals surface area contributed by atoms with Gasteiger partial charge in [-0.1, -0.05) is 12.1 Å². The Morgan fingerprint density at radius 2 is 1.94 bits per heavy atom. The van der Waals surface area contributed by atoms with Gasteiger partial charge in [-0.25, -0.2) is 0 Å². The minimum atomic E-state index is 0.00229. The fourth-order valence-corrected chi connectivity index (χ4v) is 4.30. The SMILES string of the molecule is Cn1nccc1C(=O)N1CCC(Oc2cc(-c3cccc(C#N)c3)cc3ccncc23)CC1. The molecule has 1 aliphatic rings. The van der Waals surface area contributed by atoms with Gasteiger partial charge in [0, 0.05) is 57.0 Å². The standard InChI is InChI=1S/C26H23N5O2/c1-30-24(6-10-29-30)26(32)31-11-7-22(8-12-31)33-25-15-21(14-20-5-9-28-17-23(20)25)19-4-2-3-18(13-19)16-27/h2-6,9-10,13-15,17,22H,7-8,11-12H2,1H3. The summed E-state index contributed by atoms with van der Waals surface area (Å²) in [5, 5.41) is 15.4. The number of carbonyl (C=O) groups excluding carboxylic acids is 1. The maximum absolute atomic E-state index is 12.8. The van der Waals surface area contributed by atoms with Crippen molar-refractivity contribution in [3.63, 3.8) is 0 Å². The highest BCUT2D eigenvalue weighted by molar-refractivity contribution is 5.93. The van der Waals surface area contributed by atoms with Crippen LogP contribution in [0.5, 0.6) is 5.75 Å². The Morgan fingerprint density at radius 3 is 2.70 bits per heavy atom. The third-order valence-electron chi connectivity index (χ3n) is 6.11. The van der Waals surface area contributed by atoms with E-state index < -0.39 is 0 Å². The average Bonchev–Trinajstić information content (AvgIpc) is 3.29. The largest absolute Gasteiger partial charge is 0.490 e. The molecular weight excluding hydrogens is 414 g/mol. The van der Waals surface area contributed by atoms with Crippen LogP contribution in [0.2, 0.25) is 0 Å². The van der Waals surface area contributed by atoms with E-state index in [0.717, 1.165) is 40.5 Å². The van der Waals surface area contributed by atoms with E-state index in [1.54, 1.807) is 36.3 Å². The third kappa shape index (κ3) is 4.15. The van der Waals surface area contributed by atoms with Gasteiger partial charge in [-0.2, -0.15) is 10.4 Å². The van der Waals surface area contributed by atoms with Gasteiger partial charge in [-0.3, -0.25) is 14.5 Å². The smallest absolute Gasteiger partial charge is 0.272 e. The Morgan fingerprint density at radius 1 is 1.09 bits per heavy atom. The van der Waals surface area contributed by atoms with Gasteiger partial charge in [0.2, 0.25) is 0 Å². The number of piperidine rings is 1. The molecule has 1 amide bonds. The Balaban J connectivity index is 1.37. The number of nitriles is 1. The van der Waals surface area contributed by atoms with Gasteiger partial charge >= 0.3 is 0 Å². The summed E-state index contributed by atoms with van der Waals surface area (Å²) in [6.45, 7) is 1.27. The summed E-state index contributed by atoms with van der Waals surface area (Å²) in [6.07, 6.45) is 6.73. The van der Waals surface area contributed by atoms with Crippen LogP contribution < -0.4 is 4.74 Å². The predicted molar refractivity (Wildman–Crippen MR) is 125 cm³/mol. The first-order valence-corrected chi connectivity index (χ1v) is 10.9. The monoisotopic (exact) mass is 437 g/mol. The van der Waals surface area contributed by atoms with Crippen LogP contribution in [0.1, 0.15) is 28.9 Å². The molecule has 1 fully saturated rings. The zero-order chi connectivity index (χ0) is 22.8. The summed E-state index contributed by atoms with van der Waals surface area (Å²) in [4.78, 5) is 18.9. The van der Waals surface area contributed by atoms with Crippen LogP contribution in [0.15, 0.2) is 67.1 Å². The Kier molecular flexibility index (Phi) is 5.49. The molecule has 0 radical (unpaired) electrons. The average molecular weight is 438 g/mol. The first kappa shape index (κ1) is 20.7. The molecular formula is C26H23N5O2. The van der Waals surface area contributed by atoms with Crippen molar-refractivity contribution >= 4 is 16.7 Å². The summed E-state index contributed by atoms with van der Waals surface area (Å²) in [6, 6.07) is 17.6. The van der Waals surface area contributed by atoms with E-state index in [4.69, 9.17) is 4.74 Å². The van der Waals surface area contributed by atoms with E-state index >= 15 is 0 Å². The van der Waals surface area contributed by atoms with Crippen molar-refractivity contribution in [1.29, 1.82) is 5.26 Å². The van der Waals surface area contributed by atoms with Gasteiger partial charge in [-0.15, -0.1) is 0 Å². The topological polar surface area (TPSA) is 84.0 Å². The van der Waals surface area contributed by atoms with Crippen LogP contribution in [0.3, 0.4) is 0 Å². The summed E-state index contributed by atoms with van der Waals surface area (Å²) in [7, 11) is 1.78. The van der Waals surface area contributed by atoms with Crippen LogP contribution in [0.4, 0.5) is 0 Å². The highest BCUT2D eigenvalue weighted by atomic mass is 16.5. The number of aryl methyl sites for hydroxylation is 1. The molecule has 7 nitrogen and oxygen atoms in total. The van der Waals surface area contributed by atoms with Gasteiger partial charge in [-0.05, 0) is 52.9 Å². The molecule has 0 aliphatic carbocycles. The Bertz CT molecular complexity index is 1360. The lowest BCUT2D eigenvalue weighted by Crippen LogP contribution is -2.42. The molecule has 4 aromatic rings. The molecule has 0 unspecified atom stereocenters. The molecule has 0 spiro atoms. The van der Waals surface area contributed by atoms with Crippen LogP contribution in [0, 0.1) is 11.3 Å². The van der Waals surface area contributed by atoms with Crippen LogP contribution >= 0.6 is 0 Å². The first-order valence-electron chi connectivity index (χ1n) is 10.9. The minimum Gasteiger partial charge on any atom is -0.490 e. The first-order chi connectivity index (χ1) is 16.1. The third-order valence-corrected chi connectivity index (χ3v) is 6.11. The number of carbonyl (C=O) groups is 1. The Labute approximate surface area is 191 Å². The quantitative estimate of drug-likeness (QED) is 0.478. The number of fused-ring (bicyclic) bond motifs is 1. The van der Waals surface area contributed by atoms with Crippen molar-refractivity contribution < 1.29 is 9.53 Å². The number of hydrogen-bond acceptors (Lipinski definition) is 5. The molecule has 0 bridgehead atoms. The summed E-state index contributed by atoms with van der Waals surface area (Å²) >= 11 is 0. The second-order valence-corrected chi connectivity index (χ2v) is 8.21. The highest BCUT2D eigenvalue weighted by Crippen LogP contribution is 2.34. The molecule has 2 aromatic heterocycles. The van der Waals surface area contributed by atoms with Gasteiger partial charge in [0.25, 0.3) is 5.91 Å². The second kappa shape index (κ2) is 8.75. The predicted octanol–water partition coefficient (Wildman–Crippen LogP) is 4.19. The molecule has 0 saturated carbocycles. The Hall–Kier alpha value is -4.18. The zero-order valence-electron chi connectivity index (χ0n) is 18.3. The number of benzene rings is 2. The summed E-state index contributed by atoms with van der Waals surface area (Å²) in [5.74, 6) is 0.775. The molecule has 7 heteroatoms. The normalized spacial score (nSPS) is 14.2. The zero-order valence-corrected chi connectivity index (χ0v) is 18.3. The van der Waals surface area contributed by atoms with E-state index in [9.17, 15) is 10.1 Å². The minimum absolute atomic E-state index is 0.00229. The van der Waals surface area contributed by atoms with Crippen molar-refractivity contribution in [3.05, 3.63) is 78.4 Å². The number of nitrogens with zero attached hydrogens (tertiary/aromatic N) is 5. The number of likely N-dealkylation sites (tertiary alicyclic amines) is 1. The van der Waals surface area contributed by atoms with E-state index in [0.29, 0.717) is 24.3 Å². The lowest BCUT2D eigenvalue weighted by Gasteiger charge is -2.32. The number of rotatable bonds is 4. The van der Waals surface area contributed by atoms with Gasteiger partial charge in [0.05, 0.1) is 11.6 Å². The number of hydrogen-bond donors (Lipinski definition) is 0. The number of amides is 1. The van der Waals surface area contributed by atoms with Crippen molar-refractivity contribution in [3.8, 4) is 22.9 Å². The maximum atomic E-state index is 12.8. The van der Waals surface area contributed by atoms with Crippen molar-refractivity contribution in [2.45, 2.75) is 18.9 Å². The van der Waals surface area contributed by atoms with Gasteiger partial charge in [0.1, 0.15) is 17.5 Å². The molecule has 33 heavy (non-hydrogen) atoms. The lowest BCUT2D eigenvalue weighted by molar-refractivity contribution is 0.0588.